The second-order valence-corrected chi connectivity index (χ2v) is 9.78. The molecule has 122 valence electrons. The largest absolute Gasteiger partial charge is 0.351 e. The Bertz CT molecular complexity index is 671. The molecule has 0 radical (unpaired) electrons. The van der Waals surface area contributed by atoms with Crippen LogP contribution in [0, 0.1) is 0 Å². The lowest BCUT2D eigenvalue weighted by Crippen LogP contribution is -2.44. The Morgan fingerprint density at radius 3 is 2.68 bits per heavy atom. The first kappa shape index (κ1) is 17.4. The molecular weight excluding hydrogens is 392 g/mol. The van der Waals surface area contributed by atoms with Gasteiger partial charge in [0.25, 0.3) is 5.91 Å². The average molecular weight is 409 g/mol. The Morgan fingerprint density at radius 1 is 1.45 bits per heavy atom. The number of hydrogen-bond acceptors (Lipinski definition) is 5. The first-order valence-corrected chi connectivity index (χ1v) is 10.3. The molecule has 1 aromatic rings. The maximum atomic E-state index is 12.3. The van der Waals surface area contributed by atoms with Gasteiger partial charge in [0.2, 0.25) is 5.91 Å². The Balaban J connectivity index is 1.92. The molecule has 0 aromatic carbocycles. The van der Waals surface area contributed by atoms with Gasteiger partial charge in [0.15, 0.2) is 9.84 Å². The summed E-state index contributed by atoms with van der Waals surface area (Å²) in [6.07, 6.45) is 0.437. The molecule has 0 saturated carbocycles. The summed E-state index contributed by atoms with van der Waals surface area (Å²) in [6, 6.07) is 3.15. The molecule has 22 heavy (non-hydrogen) atoms. The van der Waals surface area contributed by atoms with Gasteiger partial charge in [-0.1, -0.05) is 0 Å². The van der Waals surface area contributed by atoms with Gasteiger partial charge in [0, 0.05) is 12.6 Å². The summed E-state index contributed by atoms with van der Waals surface area (Å²) in [5, 5.41) is 2.69. The first-order valence-electron chi connectivity index (χ1n) is 6.85. The second kappa shape index (κ2) is 7.10. The number of likely N-dealkylation sites (N-methyl/N-ethyl adjacent to an activating group) is 1. The molecule has 1 fully saturated rings. The quantitative estimate of drug-likeness (QED) is 0.794. The smallest absolute Gasteiger partial charge is 0.264 e. The van der Waals surface area contributed by atoms with Gasteiger partial charge in [0.05, 0.1) is 26.7 Å². The fourth-order valence-corrected chi connectivity index (χ4v) is 5.30. The number of halogens is 1. The van der Waals surface area contributed by atoms with E-state index in [-0.39, 0.29) is 35.9 Å². The Hall–Kier alpha value is -0.930. The van der Waals surface area contributed by atoms with Crippen molar-refractivity contribution < 1.29 is 18.0 Å². The van der Waals surface area contributed by atoms with E-state index in [1.165, 1.54) is 16.2 Å². The van der Waals surface area contributed by atoms with Crippen molar-refractivity contribution in [2.24, 2.45) is 0 Å². The number of nitrogens with zero attached hydrogens (tertiary/aromatic N) is 1. The van der Waals surface area contributed by atoms with Crippen LogP contribution in [0.4, 0.5) is 0 Å². The molecule has 1 aliphatic heterocycles. The van der Waals surface area contributed by atoms with Crippen LogP contribution in [0.3, 0.4) is 0 Å². The standard InChI is InChI=1S/C13H17BrN2O4S2/c1-2-16(13(18)10-3-4-11(14)21-10)7-12(17)15-9-5-6-22(19,20)8-9/h3-4,9H,2,5-8H2,1H3,(H,15,17). The van der Waals surface area contributed by atoms with Crippen LogP contribution in [0.15, 0.2) is 15.9 Å². The van der Waals surface area contributed by atoms with Crippen LogP contribution in [0.1, 0.15) is 23.0 Å². The lowest BCUT2D eigenvalue weighted by molar-refractivity contribution is -0.122. The number of amides is 2. The molecule has 2 heterocycles. The van der Waals surface area contributed by atoms with Crippen LogP contribution in [-0.4, -0.2) is 55.8 Å². The zero-order valence-corrected chi connectivity index (χ0v) is 15.3. The molecule has 1 unspecified atom stereocenters. The normalized spacial score (nSPS) is 19.8. The molecule has 0 aliphatic carbocycles. The van der Waals surface area contributed by atoms with E-state index in [9.17, 15) is 18.0 Å². The third kappa shape index (κ3) is 4.53. The maximum absolute atomic E-state index is 12.3. The number of hydrogen-bond donors (Lipinski definition) is 1. The van der Waals surface area contributed by atoms with Crippen molar-refractivity contribution >= 4 is 48.9 Å². The van der Waals surface area contributed by atoms with Gasteiger partial charge in [0.1, 0.15) is 0 Å². The second-order valence-electron chi connectivity index (χ2n) is 5.09. The Morgan fingerprint density at radius 2 is 2.18 bits per heavy atom. The van der Waals surface area contributed by atoms with Gasteiger partial charge in [-0.3, -0.25) is 9.59 Å². The minimum Gasteiger partial charge on any atom is -0.351 e. The molecule has 1 N–H and O–H groups in total. The molecular formula is C13H17BrN2O4S2. The highest BCUT2D eigenvalue weighted by Gasteiger charge is 2.29. The third-order valence-electron chi connectivity index (χ3n) is 3.38. The van der Waals surface area contributed by atoms with Gasteiger partial charge in [-0.2, -0.15) is 0 Å². The summed E-state index contributed by atoms with van der Waals surface area (Å²) < 4.78 is 23.6. The zero-order valence-electron chi connectivity index (χ0n) is 12.0. The number of carbonyl (C=O) groups excluding carboxylic acids is 2. The maximum Gasteiger partial charge on any atom is 0.264 e. The highest BCUT2D eigenvalue weighted by Crippen LogP contribution is 2.23. The summed E-state index contributed by atoms with van der Waals surface area (Å²) in [7, 11) is -3.03. The molecule has 9 heteroatoms. The van der Waals surface area contributed by atoms with E-state index in [2.05, 4.69) is 21.2 Å². The van der Waals surface area contributed by atoms with Crippen molar-refractivity contribution in [3.8, 4) is 0 Å². The highest BCUT2D eigenvalue weighted by molar-refractivity contribution is 9.11. The molecule has 1 saturated heterocycles. The van der Waals surface area contributed by atoms with Gasteiger partial charge in [-0.05, 0) is 41.4 Å². The minimum atomic E-state index is -3.03. The topological polar surface area (TPSA) is 83.6 Å². The van der Waals surface area contributed by atoms with Crippen LogP contribution >= 0.6 is 27.3 Å². The van der Waals surface area contributed by atoms with E-state index in [1.807, 2.05) is 0 Å². The van der Waals surface area contributed by atoms with Gasteiger partial charge in [-0.15, -0.1) is 11.3 Å². The SMILES string of the molecule is CCN(CC(=O)NC1CCS(=O)(=O)C1)C(=O)c1ccc(Br)s1. The Kier molecular flexibility index (Phi) is 5.62. The Labute approximate surface area is 141 Å². The van der Waals surface area contributed by atoms with E-state index in [4.69, 9.17) is 0 Å². The van der Waals surface area contributed by atoms with E-state index in [1.54, 1.807) is 19.1 Å². The predicted octanol–water partition coefficient (Wildman–Crippen LogP) is 1.28. The summed E-state index contributed by atoms with van der Waals surface area (Å²) in [4.78, 5) is 26.3. The summed E-state index contributed by atoms with van der Waals surface area (Å²) in [6.45, 7) is 2.14. The number of rotatable bonds is 5. The van der Waals surface area contributed by atoms with Crippen LogP contribution < -0.4 is 5.32 Å². The first-order chi connectivity index (χ1) is 10.3. The summed E-state index contributed by atoms with van der Waals surface area (Å²) >= 11 is 4.62. The number of carbonyl (C=O) groups is 2. The molecule has 1 aliphatic rings. The fraction of sp³-hybridized carbons (Fsp3) is 0.538. The summed E-state index contributed by atoms with van der Waals surface area (Å²) in [5.74, 6) is -0.436. The van der Waals surface area contributed by atoms with Gasteiger partial charge in [-0.25, -0.2) is 8.42 Å². The highest BCUT2D eigenvalue weighted by atomic mass is 79.9. The molecule has 2 amide bonds. The van der Waals surface area contributed by atoms with Gasteiger partial charge >= 0.3 is 0 Å². The number of sulfone groups is 1. The summed E-state index contributed by atoms with van der Waals surface area (Å²) in [5.41, 5.74) is 0. The van der Waals surface area contributed by atoms with Crippen LogP contribution in [0.2, 0.25) is 0 Å². The molecule has 0 spiro atoms. The molecule has 2 rings (SSSR count). The predicted molar refractivity (Wildman–Crippen MR) is 88.8 cm³/mol. The van der Waals surface area contributed by atoms with Crippen molar-refractivity contribution in [1.82, 2.24) is 10.2 Å². The number of nitrogens with one attached hydrogen (secondary N) is 1. The lowest BCUT2D eigenvalue weighted by Gasteiger charge is -2.20. The van der Waals surface area contributed by atoms with Crippen molar-refractivity contribution in [3.63, 3.8) is 0 Å². The van der Waals surface area contributed by atoms with Gasteiger partial charge < -0.3 is 10.2 Å². The zero-order chi connectivity index (χ0) is 16.3. The molecule has 6 nitrogen and oxygen atoms in total. The van der Waals surface area contributed by atoms with E-state index < -0.39 is 9.84 Å². The van der Waals surface area contributed by atoms with Crippen LogP contribution in [0.25, 0.3) is 0 Å². The molecule has 0 bridgehead atoms. The lowest BCUT2D eigenvalue weighted by atomic mass is 10.2. The van der Waals surface area contributed by atoms with Crippen molar-refractivity contribution in [1.29, 1.82) is 0 Å². The van der Waals surface area contributed by atoms with E-state index in [0.29, 0.717) is 17.8 Å². The molecule has 1 atom stereocenters. The van der Waals surface area contributed by atoms with Crippen molar-refractivity contribution in [3.05, 3.63) is 20.8 Å². The third-order valence-corrected chi connectivity index (χ3v) is 6.76. The van der Waals surface area contributed by atoms with Crippen molar-refractivity contribution in [2.45, 2.75) is 19.4 Å². The van der Waals surface area contributed by atoms with Crippen molar-refractivity contribution in [2.75, 3.05) is 24.6 Å². The average Bonchev–Trinajstić information content (AvgIpc) is 3.01. The van der Waals surface area contributed by atoms with Crippen LogP contribution in [-0.2, 0) is 14.6 Å². The van der Waals surface area contributed by atoms with E-state index in [0.717, 1.165) is 3.79 Å². The molecule has 1 aromatic heterocycles. The monoisotopic (exact) mass is 408 g/mol. The number of thiophene rings is 1. The minimum absolute atomic E-state index is 0.0172. The van der Waals surface area contributed by atoms with Crippen LogP contribution in [0.5, 0.6) is 0 Å². The van der Waals surface area contributed by atoms with E-state index >= 15 is 0 Å². The fourth-order valence-electron chi connectivity index (χ4n) is 2.27.